The van der Waals surface area contributed by atoms with Gasteiger partial charge in [-0.25, -0.2) is 4.99 Å². The van der Waals surface area contributed by atoms with Gasteiger partial charge >= 0.3 is 0 Å². The topological polar surface area (TPSA) is 79.5 Å². The lowest BCUT2D eigenvalue weighted by atomic mass is 10.1. The number of nitrogens with one attached hydrogen (secondary N) is 2. The number of nitrogens with two attached hydrogens (primary N) is 1. The van der Waals surface area contributed by atoms with Gasteiger partial charge in [-0.2, -0.15) is 0 Å². The molecule has 0 aliphatic rings. The Morgan fingerprint density at radius 3 is 2.50 bits per heavy atom. The Morgan fingerprint density at radius 1 is 1.35 bits per heavy atom. The average Bonchev–Trinajstić information content (AvgIpc) is 2.32. The second-order valence-electron chi connectivity index (χ2n) is 4.30. The van der Waals surface area contributed by atoms with Crippen LogP contribution in [-0.2, 0) is 4.79 Å². The molecule has 1 aromatic carbocycles. The molecule has 0 radical (unpaired) electrons. The van der Waals surface area contributed by atoms with Gasteiger partial charge < -0.3 is 16.4 Å². The quantitative estimate of drug-likeness (QED) is 0.312. The molecule has 0 unspecified atom stereocenters. The maximum Gasteiger partial charge on any atom is 0.242 e. The summed E-state index contributed by atoms with van der Waals surface area (Å²) in [5, 5.41) is 5.58. The second-order valence-corrected chi connectivity index (χ2v) is 4.30. The molecular formula is C14H21IN4O. The predicted octanol–water partition coefficient (Wildman–Crippen LogP) is 1.95. The smallest absolute Gasteiger partial charge is 0.242 e. The molecule has 6 heteroatoms. The molecule has 0 aliphatic carbocycles. The van der Waals surface area contributed by atoms with E-state index in [1.807, 2.05) is 26.0 Å². The molecule has 20 heavy (non-hydrogen) atoms. The summed E-state index contributed by atoms with van der Waals surface area (Å²) in [6.45, 7) is 7.96. The van der Waals surface area contributed by atoms with E-state index in [9.17, 15) is 4.79 Å². The minimum atomic E-state index is -0.190. The van der Waals surface area contributed by atoms with Gasteiger partial charge in [0.05, 0.1) is 0 Å². The highest BCUT2D eigenvalue weighted by Crippen LogP contribution is 2.13. The van der Waals surface area contributed by atoms with Crippen LogP contribution in [0.3, 0.4) is 0 Å². The summed E-state index contributed by atoms with van der Waals surface area (Å²) in [5.74, 6) is 0.0313. The SMILES string of the molecule is C=CCNC(=O)CN=C(N)Nc1cc(C)cc(C)c1.I. The van der Waals surface area contributed by atoms with Crippen LogP contribution in [0.2, 0.25) is 0 Å². The number of aliphatic imine (C=N–C) groups is 1. The van der Waals surface area contributed by atoms with Crippen molar-refractivity contribution in [3.63, 3.8) is 0 Å². The number of hydrogen-bond donors (Lipinski definition) is 3. The highest BCUT2D eigenvalue weighted by atomic mass is 127. The molecule has 0 spiro atoms. The Morgan fingerprint density at radius 2 is 1.95 bits per heavy atom. The van der Waals surface area contributed by atoms with Gasteiger partial charge in [0, 0.05) is 12.2 Å². The van der Waals surface area contributed by atoms with Gasteiger partial charge in [0.25, 0.3) is 0 Å². The Hall–Kier alpha value is -1.57. The van der Waals surface area contributed by atoms with Crippen molar-refractivity contribution < 1.29 is 4.79 Å². The lowest BCUT2D eigenvalue weighted by Crippen LogP contribution is -2.29. The van der Waals surface area contributed by atoms with Gasteiger partial charge in [-0.05, 0) is 37.1 Å². The van der Waals surface area contributed by atoms with Crippen LogP contribution in [0.4, 0.5) is 5.69 Å². The van der Waals surface area contributed by atoms with Crippen LogP contribution >= 0.6 is 24.0 Å². The molecule has 0 fully saturated rings. The third-order valence-electron chi connectivity index (χ3n) is 2.33. The number of carbonyl (C=O) groups is 1. The van der Waals surface area contributed by atoms with E-state index in [0.717, 1.165) is 16.8 Å². The van der Waals surface area contributed by atoms with E-state index in [-0.39, 0.29) is 42.4 Å². The summed E-state index contributed by atoms with van der Waals surface area (Å²) < 4.78 is 0. The van der Waals surface area contributed by atoms with E-state index in [1.54, 1.807) is 6.08 Å². The molecule has 0 bridgehead atoms. The van der Waals surface area contributed by atoms with Crippen molar-refractivity contribution in [3.8, 4) is 0 Å². The van der Waals surface area contributed by atoms with E-state index in [4.69, 9.17) is 5.73 Å². The zero-order valence-electron chi connectivity index (χ0n) is 11.8. The third kappa shape index (κ3) is 7.13. The molecule has 0 heterocycles. The van der Waals surface area contributed by atoms with E-state index in [1.165, 1.54) is 0 Å². The normalized spacial score (nSPS) is 10.4. The highest BCUT2D eigenvalue weighted by Gasteiger charge is 2.00. The summed E-state index contributed by atoms with van der Waals surface area (Å²) >= 11 is 0. The lowest BCUT2D eigenvalue weighted by molar-refractivity contribution is -0.119. The number of amides is 1. The molecule has 4 N–H and O–H groups in total. The van der Waals surface area contributed by atoms with Gasteiger partial charge in [-0.3, -0.25) is 4.79 Å². The number of guanidine groups is 1. The van der Waals surface area contributed by atoms with Crippen molar-refractivity contribution >= 4 is 41.5 Å². The van der Waals surface area contributed by atoms with Crippen molar-refractivity contribution in [3.05, 3.63) is 42.0 Å². The van der Waals surface area contributed by atoms with Crippen LogP contribution < -0.4 is 16.4 Å². The zero-order chi connectivity index (χ0) is 14.3. The van der Waals surface area contributed by atoms with Crippen LogP contribution in [0.25, 0.3) is 0 Å². The molecular weight excluding hydrogens is 367 g/mol. The minimum absolute atomic E-state index is 0. The first-order valence-electron chi connectivity index (χ1n) is 6.04. The van der Waals surface area contributed by atoms with Crippen molar-refractivity contribution in [2.75, 3.05) is 18.4 Å². The fourth-order valence-corrected chi connectivity index (χ4v) is 1.63. The molecule has 0 saturated heterocycles. The summed E-state index contributed by atoms with van der Waals surface area (Å²) in [4.78, 5) is 15.3. The first-order valence-corrected chi connectivity index (χ1v) is 6.04. The predicted molar refractivity (Wildman–Crippen MR) is 94.6 cm³/mol. The van der Waals surface area contributed by atoms with Crippen molar-refractivity contribution in [1.29, 1.82) is 0 Å². The average molecular weight is 388 g/mol. The van der Waals surface area contributed by atoms with E-state index in [2.05, 4.69) is 28.3 Å². The Kier molecular flexibility index (Phi) is 8.62. The van der Waals surface area contributed by atoms with Gasteiger partial charge in [-0.1, -0.05) is 12.1 Å². The van der Waals surface area contributed by atoms with Crippen LogP contribution in [0.5, 0.6) is 0 Å². The summed E-state index contributed by atoms with van der Waals surface area (Å²) in [7, 11) is 0. The third-order valence-corrected chi connectivity index (χ3v) is 2.33. The number of anilines is 1. The van der Waals surface area contributed by atoms with Gasteiger partial charge in [0.15, 0.2) is 5.96 Å². The van der Waals surface area contributed by atoms with Gasteiger partial charge in [0.1, 0.15) is 6.54 Å². The monoisotopic (exact) mass is 388 g/mol. The molecule has 1 amide bonds. The summed E-state index contributed by atoms with van der Waals surface area (Å²) in [5.41, 5.74) is 8.86. The zero-order valence-corrected chi connectivity index (χ0v) is 14.1. The van der Waals surface area contributed by atoms with Gasteiger partial charge in [-0.15, -0.1) is 30.6 Å². The van der Waals surface area contributed by atoms with Crippen LogP contribution in [-0.4, -0.2) is 25.0 Å². The molecule has 0 aromatic heterocycles. The standard InChI is InChI=1S/C14H20N4O.HI/c1-4-5-16-13(19)9-17-14(15)18-12-7-10(2)6-11(3)8-12;/h4,6-8H,1,5,9H2,2-3H3,(H,16,19)(H3,15,17,18);1H. The number of rotatable bonds is 5. The largest absolute Gasteiger partial charge is 0.370 e. The van der Waals surface area contributed by atoms with E-state index >= 15 is 0 Å². The van der Waals surface area contributed by atoms with Crippen LogP contribution in [0.1, 0.15) is 11.1 Å². The molecule has 1 aromatic rings. The van der Waals surface area contributed by atoms with Gasteiger partial charge in [0.2, 0.25) is 5.91 Å². The molecule has 0 aliphatic heterocycles. The molecule has 0 saturated carbocycles. The number of carbonyl (C=O) groups excluding carboxylic acids is 1. The molecule has 5 nitrogen and oxygen atoms in total. The number of benzene rings is 1. The molecule has 110 valence electrons. The first kappa shape index (κ1) is 18.4. The number of halogens is 1. The summed E-state index contributed by atoms with van der Waals surface area (Å²) in [6.07, 6.45) is 1.61. The Bertz CT molecular complexity index is 480. The summed E-state index contributed by atoms with van der Waals surface area (Å²) in [6, 6.07) is 6.00. The van der Waals surface area contributed by atoms with E-state index in [0.29, 0.717) is 6.54 Å². The lowest BCUT2D eigenvalue weighted by Gasteiger charge is -2.08. The minimum Gasteiger partial charge on any atom is -0.370 e. The number of aryl methyl sites for hydroxylation is 2. The molecule has 1 rings (SSSR count). The second kappa shape index (κ2) is 9.35. The van der Waals surface area contributed by atoms with Crippen molar-refractivity contribution in [1.82, 2.24) is 5.32 Å². The van der Waals surface area contributed by atoms with Crippen LogP contribution in [0, 0.1) is 13.8 Å². The fraction of sp³-hybridized carbons (Fsp3) is 0.286. The molecule has 0 atom stereocenters. The van der Waals surface area contributed by atoms with Crippen LogP contribution in [0.15, 0.2) is 35.8 Å². The highest BCUT2D eigenvalue weighted by molar-refractivity contribution is 14.0. The van der Waals surface area contributed by atoms with Crippen molar-refractivity contribution in [2.45, 2.75) is 13.8 Å². The first-order chi connectivity index (χ1) is 9.01. The Balaban J connectivity index is 0.00000361. The maximum atomic E-state index is 11.3. The Labute approximate surface area is 136 Å². The number of hydrogen-bond acceptors (Lipinski definition) is 2. The maximum absolute atomic E-state index is 11.3. The number of nitrogens with zero attached hydrogens (tertiary/aromatic N) is 1. The fourth-order valence-electron chi connectivity index (χ4n) is 1.63. The van der Waals surface area contributed by atoms with E-state index < -0.39 is 0 Å². The van der Waals surface area contributed by atoms with Crippen molar-refractivity contribution in [2.24, 2.45) is 10.7 Å².